The maximum absolute atomic E-state index is 5.02. The van der Waals surface area contributed by atoms with Crippen LogP contribution in [0.2, 0.25) is 0 Å². The molecule has 7 nitrogen and oxygen atoms in total. The molecular formula is C40H27N7. The van der Waals surface area contributed by atoms with Crippen LogP contribution in [0.3, 0.4) is 0 Å². The van der Waals surface area contributed by atoms with Crippen molar-refractivity contribution in [3.63, 3.8) is 0 Å². The first-order chi connectivity index (χ1) is 23.3. The number of rotatable bonds is 5. The molecule has 47 heavy (non-hydrogen) atoms. The molecule has 4 aliphatic rings. The van der Waals surface area contributed by atoms with Gasteiger partial charge in [0.25, 0.3) is 0 Å². The second-order valence-corrected chi connectivity index (χ2v) is 11.6. The van der Waals surface area contributed by atoms with E-state index < -0.39 is 0 Å². The third-order valence-corrected chi connectivity index (χ3v) is 8.60. The molecule has 5 aromatic carbocycles. The summed E-state index contributed by atoms with van der Waals surface area (Å²) in [5.74, 6) is 3.06. The first-order valence-corrected chi connectivity index (χ1v) is 15.7. The lowest BCUT2D eigenvalue weighted by molar-refractivity contribution is 0.826. The van der Waals surface area contributed by atoms with Gasteiger partial charge in [0.1, 0.15) is 0 Å². The predicted molar refractivity (Wildman–Crippen MR) is 192 cm³/mol. The second-order valence-electron chi connectivity index (χ2n) is 11.6. The number of hydrogen-bond donors (Lipinski definition) is 0. The van der Waals surface area contributed by atoms with Crippen LogP contribution >= 0.6 is 0 Å². The van der Waals surface area contributed by atoms with E-state index in [4.69, 9.17) is 30.0 Å². The van der Waals surface area contributed by atoms with Crippen molar-refractivity contribution in [3.05, 3.63) is 162 Å². The van der Waals surface area contributed by atoms with E-state index in [1.54, 1.807) is 4.90 Å². The second kappa shape index (κ2) is 11.2. The Balaban J connectivity index is 1.20. The van der Waals surface area contributed by atoms with Crippen molar-refractivity contribution in [2.45, 2.75) is 12.8 Å². The van der Waals surface area contributed by atoms with Crippen LogP contribution < -0.4 is 0 Å². The van der Waals surface area contributed by atoms with Gasteiger partial charge in [-0.15, -0.1) is 0 Å². The van der Waals surface area contributed by atoms with Crippen molar-refractivity contribution < 1.29 is 0 Å². The van der Waals surface area contributed by atoms with E-state index >= 15 is 0 Å². The largest absolute Gasteiger partial charge is 0.243 e. The van der Waals surface area contributed by atoms with Gasteiger partial charge >= 0.3 is 0 Å². The summed E-state index contributed by atoms with van der Waals surface area (Å²) in [5, 5.41) is 2.18. The highest BCUT2D eigenvalue weighted by atomic mass is 15.5. The molecule has 9 rings (SSSR count). The molecule has 222 valence electrons. The van der Waals surface area contributed by atoms with Gasteiger partial charge in [0.05, 0.1) is 0 Å². The van der Waals surface area contributed by atoms with Crippen LogP contribution in [0.15, 0.2) is 175 Å². The van der Waals surface area contributed by atoms with Crippen molar-refractivity contribution in [2.75, 3.05) is 0 Å². The van der Waals surface area contributed by atoms with Crippen LogP contribution in [0.5, 0.6) is 0 Å². The van der Waals surface area contributed by atoms with Gasteiger partial charge in [0, 0.05) is 11.1 Å². The van der Waals surface area contributed by atoms with Gasteiger partial charge in [-0.05, 0) is 63.6 Å². The Morgan fingerprint density at radius 1 is 0.468 bits per heavy atom. The summed E-state index contributed by atoms with van der Waals surface area (Å²) < 4.78 is 0. The van der Waals surface area contributed by atoms with Crippen molar-refractivity contribution in [1.82, 2.24) is 4.90 Å². The fourth-order valence-electron chi connectivity index (χ4n) is 6.28. The van der Waals surface area contributed by atoms with Crippen LogP contribution in [0.25, 0.3) is 27.5 Å². The first-order valence-electron chi connectivity index (χ1n) is 15.7. The Labute approximate surface area is 271 Å². The summed E-state index contributed by atoms with van der Waals surface area (Å²) in [4.78, 5) is 31.8. The quantitative estimate of drug-likeness (QED) is 0.198. The lowest BCUT2D eigenvalue weighted by atomic mass is 9.94. The Morgan fingerprint density at radius 3 is 1.89 bits per heavy atom. The van der Waals surface area contributed by atoms with E-state index in [0.29, 0.717) is 35.4 Å². The van der Waals surface area contributed by atoms with E-state index in [9.17, 15) is 0 Å². The van der Waals surface area contributed by atoms with Gasteiger partial charge in [-0.3, -0.25) is 0 Å². The fraction of sp³-hybridized carbons (Fsp3) is 0.0500. The van der Waals surface area contributed by atoms with Gasteiger partial charge in [-0.25, -0.2) is 4.90 Å². The van der Waals surface area contributed by atoms with Gasteiger partial charge < -0.3 is 0 Å². The monoisotopic (exact) mass is 605 g/mol. The third-order valence-electron chi connectivity index (χ3n) is 8.60. The number of amidine groups is 3. The molecule has 0 saturated heterocycles. The zero-order valence-corrected chi connectivity index (χ0v) is 25.3. The molecule has 0 unspecified atom stereocenters. The molecule has 3 aliphatic heterocycles. The highest BCUT2D eigenvalue weighted by Crippen LogP contribution is 2.30. The van der Waals surface area contributed by atoms with Crippen LogP contribution in [0, 0.1) is 0 Å². The number of aliphatic imine (C=N–C) groups is 6. The third kappa shape index (κ3) is 4.94. The number of nitrogens with zero attached hydrogens (tertiary/aromatic N) is 7. The summed E-state index contributed by atoms with van der Waals surface area (Å²) in [5.41, 5.74) is 7.37. The minimum absolute atomic E-state index is 0.442. The van der Waals surface area contributed by atoms with E-state index in [1.807, 2.05) is 60.7 Å². The van der Waals surface area contributed by atoms with Crippen molar-refractivity contribution in [1.29, 1.82) is 0 Å². The smallest absolute Gasteiger partial charge is 0.213 e. The zero-order valence-electron chi connectivity index (χ0n) is 25.3. The Kier molecular flexibility index (Phi) is 6.45. The van der Waals surface area contributed by atoms with E-state index in [0.717, 1.165) is 57.0 Å². The maximum atomic E-state index is 5.02. The van der Waals surface area contributed by atoms with Gasteiger partial charge in [0.2, 0.25) is 17.9 Å². The summed E-state index contributed by atoms with van der Waals surface area (Å²) in [6.07, 6.45) is 6.17. The number of guanidine groups is 3. The molecule has 0 amide bonds. The van der Waals surface area contributed by atoms with Crippen molar-refractivity contribution in [3.8, 4) is 11.1 Å². The minimum Gasteiger partial charge on any atom is -0.213 e. The highest BCUT2D eigenvalue weighted by molar-refractivity contribution is 6.35. The molecule has 0 aromatic heterocycles. The Bertz CT molecular complexity index is 2330. The Morgan fingerprint density at radius 2 is 1.06 bits per heavy atom. The molecule has 5 aromatic rings. The van der Waals surface area contributed by atoms with E-state index in [2.05, 4.69) is 78.9 Å². The van der Waals surface area contributed by atoms with Gasteiger partial charge in [-0.1, -0.05) is 127 Å². The molecule has 0 atom stereocenters. The van der Waals surface area contributed by atoms with E-state index in [1.165, 1.54) is 5.56 Å². The lowest BCUT2D eigenvalue weighted by Gasteiger charge is -2.31. The SMILES string of the molecule is C1=C(C2=NC3=NC(c4cccc(-c5ccccc5)c4)=NC4=NC(c5cccc6ccccc56)=NC(=N2)N34)CCC=C1c1ccccc1. The summed E-state index contributed by atoms with van der Waals surface area (Å²) in [6, 6.07) is 43.4. The highest BCUT2D eigenvalue weighted by Gasteiger charge is 2.36. The lowest BCUT2D eigenvalue weighted by Crippen LogP contribution is -2.48. The average molecular weight is 606 g/mol. The average Bonchev–Trinajstić information content (AvgIpc) is 3.15. The maximum Gasteiger partial charge on any atom is 0.243 e. The number of benzene rings is 5. The first kappa shape index (κ1) is 27.0. The Hall–Kier alpha value is -6.34. The summed E-state index contributed by atoms with van der Waals surface area (Å²) >= 11 is 0. The molecule has 3 heterocycles. The molecule has 0 N–H and O–H groups in total. The minimum atomic E-state index is 0.442. The summed E-state index contributed by atoms with van der Waals surface area (Å²) in [7, 11) is 0. The van der Waals surface area contributed by atoms with Crippen LogP contribution in [-0.4, -0.2) is 40.3 Å². The van der Waals surface area contributed by atoms with Gasteiger partial charge in [-0.2, -0.15) is 30.0 Å². The zero-order chi connectivity index (χ0) is 31.2. The molecule has 0 fully saturated rings. The molecule has 1 aliphatic carbocycles. The number of fused-ring (bicyclic) bond motifs is 1. The molecule has 0 bridgehead atoms. The topological polar surface area (TPSA) is 77.4 Å². The number of hydrogen-bond acceptors (Lipinski definition) is 7. The molecule has 0 radical (unpaired) electrons. The molecule has 0 saturated carbocycles. The van der Waals surface area contributed by atoms with Crippen LogP contribution in [0.4, 0.5) is 0 Å². The standard InChI is InChI=1S/C40H27N7/c1-3-12-26(13-4-1)29-18-9-20-31(24-29)35-41-38-42-36(32-21-10-19-30(25-32)27-14-5-2-6-15-27)44-40-46-37(45-39(43-35)47(38)40)34-23-11-17-28-16-7-8-22-33(28)34/h1-9,11-20,22-25H,10,21H2. The van der Waals surface area contributed by atoms with Crippen molar-refractivity contribution >= 4 is 51.7 Å². The summed E-state index contributed by atoms with van der Waals surface area (Å²) in [6.45, 7) is 0. The van der Waals surface area contributed by atoms with E-state index in [-0.39, 0.29) is 0 Å². The molecule has 7 heteroatoms. The van der Waals surface area contributed by atoms with Crippen LogP contribution in [-0.2, 0) is 0 Å². The van der Waals surface area contributed by atoms with Crippen LogP contribution in [0.1, 0.15) is 29.5 Å². The van der Waals surface area contributed by atoms with Gasteiger partial charge in [0.15, 0.2) is 17.5 Å². The molecular weight excluding hydrogens is 578 g/mol. The van der Waals surface area contributed by atoms with Crippen molar-refractivity contribution in [2.24, 2.45) is 30.0 Å². The molecule has 0 spiro atoms. The normalized spacial score (nSPS) is 16.9. The predicted octanol–water partition coefficient (Wildman–Crippen LogP) is 8.31. The number of allylic oxidation sites excluding steroid dienone is 3. The fourth-order valence-corrected chi connectivity index (χ4v) is 6.28.